The zero-order valence-electron chi connectivity index (χ0n) is 18.7. The highest BCUT2D eigenvalue weighted by Crippen LogP contribution is 2.33. The van der Waals surface area contributed by atoms with Crippen molar-refractivity contribution < 1.29 is 8.42 Å². The largest absolute Gasteiger partial charge is 0.275 e. The molecule has 33 heavy (non-hydrogen) atoms. The predicted molar refractivity (Wildman–Crippen MR) is 127 cm³/mol. The number of aryl methyl sites for hydroxylation is 1. The fourth-order valence-corrected chi connectivity index (χ4v) is 5.64. The molecule has 0 radical (unpaired) electrons. The van der Waals surface area contributed by atoms with Crippen LogP contribution in [-0.4, -0.2) is 49.5 Å². The van der Waals surface area contributed by atoms with Crippen LogP contribution in [0.25, 0.3) is 33.6 Å². The van der Waals surface area contributed by atoms with E-state index in [1.165, 1.54) is 6.26 Å². The van der Waals surface area contributed by atoms with E-state index in [2.05, 4.69) is 26.2 Å². The zero-order chi connectivity index (χ0) is 23.0. The Bertz CT molecular complexity index is 1370. The van der Waals surface area contributed by atoms with E-state index < -0.39 is 9.84 Å². The van der Waals surface area contributed by atoms with Crippen LogP contribution in [0.4, 0.5) is 0 Å². The summed E-state index contributed by atoms with van der Waals surface area (Å²) in [7, 11) is -1.13. The molecule has 0 amide bonds. The van der Waals surface area contributed by atoms with Crippen LogP contribution in [0.1, 0.15) is 31.7 Å². The van der Waals surface area contributed by atoms with Gasteiger partial charge in [-0.1, -0.05) is 24.6 Å². The molecule has 9 heteroatoms. The standard InChI is InChI=1S/C24H26N6O2S/c1-29-15-20(13-27-29)17-5-3-6-18(9-17)24-25-11-19(12-26-24)21-14-28-30(16-21)22-7-4-8-23(10-22)33(2,31)32/h3,5-6,9,11-16,22-23H,4,7-8,10H2,1-2H3/t22-,23-/m1/s1. The Morgan fingerprint density at radius 1 is 0.879 bits per heavy atom. The monoisotopic (exact) mass is 462 g/mol. The van der Waals surface area contributed by atoms with Gasteiger partial charge in [0.15, 0.2) is 5.82 Å². The number of nitrogens with zero attached hydrogens (tertiary/aromatic N) is 6. The second-order valence-corrected chi connectivity index (χ2v) is 11.1. The van der Waals surface area contributed by atoms with Crippen LogP contribution in [-0.2, 0) is 16.9 Å². The van der Waals surface area contributed by atoms with E-state index in [4.69, 9.17) is 0 Å². The molecule has 0 saturated heterocycles. The molecular weight excluding hydrogens is 436 g/mol. The van der Waals surface area contributed by atoms with Crippen molar-refractivity contribution in [2.45, 2.75) is 37.0 Å². The van der Waals surface area contributed by atoms with Gasteiger partial charge in [0.1, 0.15) is 9.84 Å². The Labute approximate surface area is 193 Å². The van der Waals surface area contributed by atoms with Crippen LogP contribution in [0.15, 0.2) is 61.4 Å². The molecule has 2 atom stereocenters. The lowest BCUT2D eigenvalue weighted by Gasteiger charge is -2.28. The summed E-state index contributed by atoms with van der Waals surface area (Å²) in [5.41, 5.74) is 4.85. The fraction of sp³-hybridized carbons (Fsp3) is 0.333. The van der Waals surface area contributed by atoms with Gasteiger partial charge in [-0.25, -0.2) is 18.4 Å². The van der Waals surface area contributed by atoms with Crippen molar-refractivity contribution in [3.63, 3.8) is 0 Å². The van der Waals surface area contributed by atoms with Crippen LogP contribution in [0, 0.1) is 0 Å². The number of aromatic nitrogens is 6. The Kier molecular flexibility index (Phi) is 5.57. The lowest BCUT2D eigenvalue weighted by Crippen LogP contribution is -2.29. The van der Waals surface area contributed by atoms with Gasteiger partial charge in [0, 0.05) is 60.3 Å². The van der Waals surface area contributed by atoms with Gasteiger partial charge in [0.25, 0.3) is 0 Å². The summed E-state index contributed by atoms with van der Waals surface area (Å²) >= 11 is 0. The van der Waals surface area contributed by atoms with E-state index in [1.54, 1.807) is 23.3 Å². The first-order valence-electron chi connectivity index (χ1n) is 11.0. The molecule has 0 bridgehead atoms. The third-order valence-corrected chi connectivity index (χ3v) is 7.96. The quantitative estimate of drug-likeness (QED) is 0.446. The van der Waals surface area contributed by atoms with Gasteiger partial charge in [-0.15, -0.1) is 0 Å². The zero-order valence-corrected chi connectivity index (χ0v) is 19.5. The maximum absolute atomic E-state index is 12.0. The first-order chi connectivity index (χ1) is 15.9. The summed E-state index contributed by atoms with van der Waals surface area (Å²) in [4.78, 5) is 9.17. The third-order valence-electron chi connectivity index (χ3n) is 6.32. The van der Waals surface area contributed by atoms with Gasteiger partial charge in [-0.2, -0.15) is 10.2 Å². The van der Waals surface area contributed by atoms with Crippen molar-refractivity contribution in [3.05, 3.63) is 61.4 Å². The van der Waals surface area contributed by atoms with Gasteiger partial charge in [0.05, 0.1) is 23.7 Å². The Balaban J connectivity index is 1.34. The molecule has 170 valence electrons. The minimum Gasteiger partial charge on any atom is -0.275 e. The van der Waals surface area contributed by atoms with Gasteiger partial charge in [-0.3, -0.25) is 9.36 Å². The molecule has 1 aromatic carbocycles. The second kappa shape index (κ2) is 8.55. The van der Waals surface area contributed by atoms with Crippen molar-refractivity contribution in [2.24, 2.45) is 7.05 Å². The molecule has 1 aliphatic rings. The van der Waals surface area contributed by atoms with Crippen molar-refractivity contribution in [3.8, 4) is 33.6 Å². The molecule has 1 fully saturated rings. The minimum absolute atomic E-state index is 0.0997. The summed E-state index contributed by atoms with van der Waals surface area (Å²) in [6.45, 7) is 0. The number of hydrogen-bond acceptors (Lipinski definition) is 6. The normalized spacial score (nSPS) is 19.0. The van der Waals surface area contributed by atoms with Crippen LogP contribution in [0.5, 0.6) is 0 Å². The van der Waals surface area contributed by atoms with Crippen molar-refractivity contribution in [1.29, 1.82) is 0 Å². The summed E-state index contributed by atoms with van der Waals surface area (Å²) in [6.07, 6.45) is 15.7. The lowest BCUT2D eigenvalue weighted by molar-refractivity contribution is 0.329. The average molecular weight is 463 g/mol. The van der Waals surface area contributed by atoms with Crippen LogP contribution in [0.3, 0.4) is 0 Å². The van der Waals surface area contributed by atoms with Gasteiger partial charge < -0.3 is 0 Å². The first-order valence-corrected chi connectivity index (χ1v) is 13.0. The molecule has 0 spiro atoms. The lowest BCUT2D eigenvalue weighted by atomic mass is 9.95. The van der Waals surface area contributed by atoms with Crippen molar-refractivity contribution in [2.75, 3.05) is 6.26 Å². The molecule has 1 aliphatic carbocycles. The number of rotatable bonds is 5. The average Bonchev–Trinajstić information content (AvgIpc) is 3.49. The Hall–Kier alpha value is -3.33. The molecule has 0 aliphatic heterocycles. The fourth-order valence-electron chi connectivity index (χ4n) is 4.47. The van der Waals surface area contributed by atoms with Crippen LogP contribution in [0.2, 0.25) is 0 Å². The van der Waals surface area contributed by atoms with Gasteiger partial charge in [-0.05, 0) is 30.9 Å². The summed E-state index contributed by atoms with van der Waals surface area (Å²) in [6, 6.07) is 8.19. The molecule has 3 heterocycles. The van der Waals surface area contributed by atoms with E-state index in [1.807, 2.05) is 48.5 Å². The maximum Gasteiger partial charge on any atom is 0.159 e. The number of benzene rings is 1. The molecule has 4 aromatic rings. The minimum atomic E-state index is -3.03. The first kappa shape index (κ1) is 21.5. The molecule has 1 saturated carbocycles. The molecule has 5 rings (SSSR count). The van der Waals surface area contributed by atoms with Crippen LogP contribution < -0.4 is 0 Å². The van der Waals surface area contributed by atoms with Crippen molar-refractivity contribution >= 4 is 9.84 Å². The molecule has 3 aromatic heterocycles. The number of hydrogen-bond donors (Lipinski definition) is 0. The van der Waals surface area contributed by atoms with Gasteiger partial charge >= 0.3 is 0 Å². The SMILES string of the molecule is Cn1cc(-c2cccc(-c3ncc(-c4cnn([C@@H]5CCC[C@@H](S(C)(=O)=O)C5)c4)cn3)c2)cn1. The molecular formula is C24H26N6O2S. The van der Waals surface area contributed by atoms with Gasteiger partial charge in [0.2, 0.25) is 0 Å². The number of sulfone groups is 1. The molecule has 0 unspecified atom stereocenters. The van der Waals surface area contributed by atoms with E-state index in [-0.39, 0.29) is 11.3 Å². The maximum atomic E-state index is 12.0. The van der Waals surface area contributed by atoms with E-state index in [0.717, 1.165) is 47.1 Å². The Morgan fingerprint density at radius 3 is 2.33 bits per heavy atom. The summed E-state index contributed by atoms with van der Waals surface area (Å²) < 4.78 is 27.7. The second-order valence-electron chi connectivity index (χ2n) is 8.76. The molecule has 0 N–H and O–H groups in total. The highest BCUT2D eigenvalue weighted by molar-refractivity contribution is 7.91. The summed E-state index contributed by atoms with van der Waals surface area (Å²) in [5.74, 6) is 0.653. The molecule has 8 nitrogen and oxygen atoms in total. The van der Waals surface area contributed by atoms with E-state index >= 15 is 0 Å². The predicted octanol–water partition coefficient (Wildman–Crippen LogP) is 3.94. The topological polar surface area (TPSA) is 95.6 Å². The Morgan fingerprint density at radius 2 is 1.61 bits per heavy atom. The highest BCUT2D eigenvalue weighted by atomic mass is 32.2. The smallest absolute Gasteiger partial charge is 0.159 e. The highest BCUT2D eigenvalue weighted by Gasteiger charge is 2.30. The van der Waals surface area contributed by atoms with Crippen LogP contribution >= 0.6 is 0 Å². The summed E-state index contributed by atoms with van der Waals surface area (Å²) in [5, 5.41) is 8.48. The van der Waals surface area contributed by atoms with E-state index in [9.17, 15) is 8.42 Å². The van der Waals surface area contributed by atoms with E-state index in [0.29, 0.717) is 12.2 Å². The van der Waals surface area contributed by atoms with Crippen molar-refractivity contribution in [1.82, 2.24) is 29.5 Å². The third kappa shape index (κ3) is 4.59.